The molecule has 0 bridgehead atoms. The average Bonchev–Trinajstić information content (AvgIpc) is 2.99. The first-order valence-electron chi connectivity index (χ1n) is 6.05. The second-order valence-electron chi connectivity index (χ2n) is 4.15. The van der Waals surface area contributed by atoms with Crippen LogP contribution in [0.25, 0.3) is 17.2 Å². The lowest BCUT2D eigenvalue weighted by Crippen LogP contribution is -2.01. The lowest BCUT2D eigenvalue weighted by molar-refractivity contribution is 0.628. The fraction of sp³-hybridized carbons (Fsp3) is 0.0714. The number of thioether (sulfide) groups is 1. The second kappa shape index (κ2) is 5.83. The quantitative estimate of drug-likeness (QED) is 0.543. The molecule has 2 heterocycles. The molecule has 0 spiro atoms. The van der Waals surface area contributed by atoms with Crippen molar-refractivity contribution in [1.82, 2.24) is 19.5 Å². The van der Waals surface area contributed by atoms with Crippen LogP contribution in [-0.4, -0.2) is 25.8 Å². The van der Waals surface area contributed by atoms with Crippen molar-refractivity contribution in [3.8, 4) is 17.2 Å². The van der Waals surface area contributed by atoms with Crippen LogP contribution in [-0.2, 0) is 0 Å². The maximum absolute atomic E-state index is 13.3. The summed E-state index contributed by atoms with van der Waals surface area (Å²) in [5, 5.41) is 0.735. The van der Waals surface area contributed by atoms with E-state index < -0.39 is 5.82 Å². The predicted octanol–water partition coefficient (Wildman–Crippen LogP) is 3.84. The minimum atomic E-state index is -0.453. The van der Waals surface area contributed by atoms with Gasteiger partial charge in [0.15, 0.2) is 5.16 Å². The Labute approximate surface area is 130 Å². The van der Waals surface area contributed by atoms with Crippen LogP contribution in [0.5, 0.6) is 0 Å². The van der Waals surface area contributed by atoms with Crippen LogP contribution in [0, 0.1) is 5.82 Å². The molecule has 0 aliphatic heterocycles. The fourth-order valence-corrected chi connectivity index (χ4v) is 2.43. The van der Waals surface area contributed by atoms with Crippen molar-refractivity contribution in [3.05, 3.63) is 53.7 Å². The second-order valence-corrected chi connectivity index (χ2v) is 5.33. The number of aromatic nitrogens is 4. The van der Waals surface area contributed by atoms with E-state index >= 15 is 0 Å². The van der Waals surface area contributed by atoms with Gasteiger partial charge < -0.3 is 0 Å². The Morgan fingerprint density at radius 1 is 1.19 bits per heavy atom. The Kier molecular flexibility index (Phi) is 3.90. The van der Waals surface area contributed by atoms with Crippen molar-refractivity contribution < 1.29 is 4.39 Å². The summed E-state index contributed by atoms with van der Waals surface area (Å²) < 4.78 is 15.1. The molecule has 0 N–H and O–H groups in total. The van der Waals surface area contributed by atoms with Gasteiger partial charge in [-0.1, -0.05) is 23.4 Å². The van der Waals surface area contributed by atoms with Gasteiger partial charge in [0.1, 0.15) is 17.5 Å². The molecule has 0 aliphatic carbocycles. The van der Waals surface area contributed by atoms with Gasteiger partial charge in [0.25, 0.3) is 0 Å². The molecule has 0 saturated carbocycles. The summed E-state index contributed by atoms with van der Waals surface area (Å²) in [5.74, 6) is 0.884. The highest BCUT2D eigenvalue weighted by Gasteiger charge is 2.11. The van der Waals surface area contributed by atoms with Gasteiger partial charge in [-0.3, -0.25) is 4.57 Å². The van der Waals surface area contributed by atoms with Gasteiger partial charge in [0.2, 0.25) is 0 Å². The number of halogens is 2. The van der Waals surface area contributed by atoms with Crippen molar-refractivity contribution in [2.24, 2.45) is 0 Å². The summed E-state index contributed by atoms with van der Waals surface area (Å²) in [6.45, 7) is 0. The van der Waals surface area contributed by atoms with Gasteiger partial charge in [-0.2, -0.15) is 0 Å². The predicted molar refractivity (Wildman–Crippen MR) is 81.3 cm³/mol. The highest BCUT2D eigenvalue weighted by molar-refractivity contribution is 7.98. The number of rotatable bonds is 3. The van der Waals surface area contributed by atoms with Crippen LogP contribution in [0.4, 0.5) is 4.39 Å². The van der Waals surface area contributed by atoms with Crippen LogP contribution >= 0.6 is 23.4 Å². The number of benzene rings is 1. The lowest BCUT2D eigenvalue weighted by Gasteiger charge is -2.08. The number of nitrogens with zero attached hydrogens (tertiary/aromatic N) is 4. The third-order valence-electron chi connectivity index (χ3n) is 2.87. The Morgan fingerprint density at radius 2 is 2.05 bits per heavy atom. The summed E-state index contributed by atoms with van der Waals surface area (Å²) in [6.07, 6.45) is 7.05. The highest BCUT2D eigenvalue weighted by atomic mass is 35.5. The SMILES string of the molecule is CSc1nccc(-n2ccnc2-c2ccc(F)c(Cl)c2)n1. The molecule has 106 valence electrons. The molecule has 0 fully saturated rings. The molecule has 3 rings (SSSR count). The molecule has 21 heavy (non-hydrogen) atoms. The average molecular weight is 321 g/mol. The Hall–Kier alpha value is -1.92. The van der Waals surface area contributed by atoms with Gasteiger partial charge in [-0.05, 0) is 30.5 Å². The minimum Gasteiger partial charge on any atom is -0.284 e. The molecule has 3 aromatic rings. The van der Waals surface area contributed by atoms with E-state index in [9.17, 15) is 4.39 Å². The molecule has 0 amide bonds. The van der Waals surface area contributed by atoms with Crippen LogP contribution in [0.3, 0.4) is 0 Å². The summed E-state index contributed by atoms with van der Waals surface area (Å²) in [7, 11) is 0. The van der Waals surface area contributed by atoms with E-state index in [1.54, 1.807) is 36.8 Å². The summed E-state index contributed by atoms with van der Waals surface area (Å²) >= 11 is 7.30. The zero-order valence-corrected chi connectivity index (χ0v) is 12.6. The van der Waals surface area contributed by atoms with E-state index in [2.05, 4.69) is 15.0 Å². The smallest absolute Gasteiger partial charge is 0.189 e. The zero-order valence-electron chi connectivity index (χ0n) is 11.0. The molecule has 4 nitrogen and oxygen atoms in total. The van der Waals surface area contributed by atoms with Crippen LogP contribution in [0.2, 0.25) is 5.02 Å². The fourth-order valence-electron chi connectivity index (χ4n) is 1.90. The third kappa shape index (κ3) is 2.77. The molecule has 0 unspecified atom stereocenters. The van der Waals surface area contributed by atoms with E-state index in [1.165, 1.54) is 17.8 Å². The summed E-state index contributed by atoms with van der Waals surface area (Å²) in [5.41, 5.74) is 0.718. The topological polar surface area (TPSA) is 43.6 Å². The van der Waals surface area contributed by atoms with E-state index in [1.807, 2.05) is 10.8 Å². The summed E-state index contributed by atoms with van der Waals surface area (Å²) in [4.78, 5) is 12.9. The minimum absolute atomic E-state index is 0.0644. The molecule has 0 aliphatic rings. The van der Waals surface area contributed by atoms with Crippen molar-refractivity contribution in [2.45, 2.75) is 5.16 Å². The molecule has 0 atom stereocenters. The maximum Gasteiger partial charge on any atom is 0.189 e. The molecule has 0 radical (unpaired) electrons. The number of hydrogen-bond acceptors (Lipinski definition) is 4. The number of hydrogen-bond donors (Lipinski definition) is 0. The Morgan fingerprint density at radius 3 is 2.81 bits per heavy atom. The van der Waals surface area contributed by atoms with E-state index in [-0.39, 0.29) is 5.02 Å². The highest BCUT2D eigenvalue weighted by Crippen LogP contribution is 2.25. The largest absolute Gasteiger partial charge is 0.284 e. The standard InChI is InChI=1S/C14H10ClFN4S/c1-21-14-18-5-4-12(19-14)20-7-6-17-13(20)9-2-3-11(16)10(15)8-9/h2-8H,1H3. The van der Waals surface area contributed by atoms with Gasteiger partial charge in [0, 0.05) is 24.2 Å². The van der Waals surface area contributed by atoms with Gasteiger partial charge >= 0.3 is 0 Å². The third-order valence-corrected chi connectivity index (χ3v) is 3.72. The Bertz CT molecular complexity index is 790. The van der Waals surface area contributed by atoms with Crippen LogP contribution < -0.4 is 0 Å². The monoisotopic (exact) mass is 320 g/mol. The first kappa shape index (κ1) is 14.0. The van der Waals surface area contributed by atoms with Crippen LogP contribution in [0.15, 0.2) is 48.0 Å². The molecule has 7 heteroatoms. The van der Waals surface area contributed by atoms with Gasteiger partial charge in [-0.15, -0.1) is 0 Å². The van der Waals surface area contributed by atoms with E-state index in [0.29, 0.717) is 16.8 Å². The Balaban J connectivity index is 2.09. The number of imidazole rings is 1. The normalized spacial score (nSPS) is 10.8. The maximum atomic E-state index is 13.3. The van der Waals surface area contributed by atoms with Crippen molar-refractivity contribution in [1.29, 1.82) is 0 Å². The van der Waals surface area contributed by atoms with Crippen LogP contribution in [0.1, 0.15) is 0 Å². The van der Waals surface area contributed by atoms with Crippen molar-refractivity contribution >= 4 is 23.4 Å². The molecule has 0 saturated heterocycles. The lowest BCUT2D eigenvalue weighted by atomic mass is 10.2. The first-order chi connectivity index (χ1) is 10.2. The summed E-state index contributed by atoms with van der Waals surface area (Å²) in [6, 6.07) is 6.29. The molecule has 2 aromatic heterocycles. The van der Waals surface area contributed by atoms with Crippen molar-refractivity contribution in [3.63, 3.8) is 0 Å². The van der Waals surface area contributed by atoms with Crippen molar-refractivity contribution in [2.75, 3.05) is 6.26 Å². The molecule has 1 aromatic carbocycles. The molecular weight excluding hydrogens is 311 g/mol. The van der Waals surface area contributed by atoms with Gasteiger partial charge in [0.05, 0.1) is 5.02 Å². The van der Waals surface area contributed by atoms with E-state index in [0.717, 1.165) is 5.56 Å². The zero-order chi connectivity index (χ0) is 14.8. The van der Waals surface area contributed by atoms with Gasteiger partial charge in [-0.25, -0.2) is 19.3 Å². The first-order valence-corrected chi connectivity index (χ1v) is 7.65. The molecular formula is C14H10ClFN4S. The van der Waals surface area contributed by atoms with E-state index in [4.69, 9.17) is 11.6 Å².